The zero-order valence-corrected chi connectivity index (χ0v) is 12.0. The maximum absolute atomic E-state index is 11.3. The van der Waals surface area contributed by atoms with Gasteiger partial charge < -0.3 is 0 Å². The van der Waals surface area contributed by atoms with Gasteiger partial charge in [0.15, 0.2) is 0 Å². The molecule has 0 bridgehead atoms. The summed E-state index contributed by atoms with van der Waals surface area (Å²) in [4.78, 5) is -0.0270. The Labute approximate surface area is 119 Å². The summed E-state index contributed by atoms with van der Waals surface area (Å²) in [6, 6.07) is 14.6. The van der Waals surface area contributed by atoms with E-state index >= 15 is 0 Å². The van der Waals surface area contributed by atoms with Gasteiger partial charge in [-0.3, -0.25) is 4.55 Å². The molecule has 2 rings (SSSR count). The summed E-state index contributed by atoms with van der Waals surface area (Å²) in [5.74, 6) is 0. The highest BCUT2D eigenvalue weighted by molar-refractivity contribution is 7.85. The largest absolute Gasteiger partial charge is 0.294 e. The highest BCUT2D eigenvalue weighted by atomic mass is 32.2. The molecule has 0 spiro atoms. The Kier molecular flexibility index (Phi) is 4.37. The van der Waals surface area contributed by atoms with Gasteiger partial charge in [0.25, 0.3) is 10.1 Å². The normalized spacial score (nSPS) is 11.9. The van der Waals surface area contributed by atoms with Gasteiger partial charge in [-0.25, -0.2) is 0 Å². The molecule has 104 valence electrons. The van der Waals surface area contributed by atoms with Crippen LogP contribution in [-0.2, 0) is 16.5 Å². The third-order valence-electron chi connectivity index (χ3n) is 2.94. The zero-order chi connectivity index (χ0) is 14.6. The van der Waals surface area contributed by atoms with Crippen molar-refractivity contribution in [3.05, 3.63) is 71.3 Å². The van der Waals surface area contributed by atoms with Crippen LogP contribution in [0.25, 0.3) is 6.08 Å². The number of hydrogen-bond acceptors (Lipinski definition) is 2. The Hall–Kier alpha value is -1.91. The van der Waals surface area contributed by atoms with Crippen LogP contribution in [0.2, 0.25) is 0 Å². The molecular weight excluding hydrogens is 272 g/mol. The van der Waals surface area contributed by atoms with E-state index in [1.54, 1.807) is 12.1 Å². The van der Waals surface area contributed by atoms with E-state index in [2.05, 4.69) is 0 Å². The van der Waals surface area contributed by atoms with E-state index in [1.165, 1.54) is 6.07 Å². The van der Waals surface area contributed by atoms with Crippen LogP contribution in [0.4, 0.5) is 0 Å². The van der Waals surface area contributed by atoms with Gasteiger partial charge in [0.05, 0.1) is 4.90 Å². The van der Waals surface area contributed by atoms with E-state index in [-0.39, 0.29) is 4.90 Å². The molecular formula is C16H16O3S. The minimum atomic E-state index is -4.18. The van der Waals surface area contributed by atoms with Gasteiger partial charge in [-0.2, -0.15) is 8.42 Å². The predicted molar refractivity (Wildman–Crippen MR) is 80.2 cm³/mol. The van der Waals surface area contributed by atoms with Crippen LogP contribution < -0.4 is 0 Å². The molecule has 0 unspecified atom stereocenters. The first-order valence-electron chi connectivity index (χ1n) is 6.25. The van der Waals surface area contributed by atoms with Crippen molar-refractivity contribution < 1.29 is 13.0 Å². The van der Waals surface area contributed by atoms with E-state index < -0.39 is 10.1 Å². The van der Waals surface area contributed by atoms with Crippen LogP contribution in [-0.4, -0.2) is 13.0 Å². The maximum Gasteiger partial charge on any atom is 0.294 e. The standard InChI is InChI=1S/C16H16O3S/c1-13-10-11-16(20(17,18)19)15(12-13)9-5-8-14-6-3-2-4-7-14/h2-8,10-12H,9H2,1H3,(H,17,18,19). The number of hydrogen-bond donors (Lipinski definition) is 1. The molecule has 0 fully saturated rings. The van der Waals surface area contributed by atoms with Crippen molar-refractivity contribution in [2.75, 3.05) is 0 Å². The van der Waals surface area contributed by atoms with Gasteiger partial charge >= 0.3 is 0 Å². The molecule has 20 heavy (non-hydrogen) atoms. The Morgan fingerprint density at radius 2 is 1.80 bits per heavy atom. The van der Waals surface area contributed by atoms with Gasteiger partial charge in [-0.15, -0.1) is 0 Å². The number of benzene rings is 2. The van der Waals surface area contributed by atoms with E-state index in [4.69, 9.17) is 0 Å². The van der Waals surface area contributed by atoms with Gasteiger partial charge in [0.2, 0.25) is 0 Å². The lowest BCUT2D eigenvalue weighted by Crippen LogP contribution is -2.03. The summed E-state index contributed by atoms with van der Waals surface area (Å²) < 4.78 is 31.9. The van der Waals surface area contributed by atoms with Gasteiger partial charge in [0.1, 0.15) is 0 Å². The molecule has 0 atom stereocenters. The predicted octanol–water partition coefficient (Wildman–Crippen LogP) is 3.50. The van der Waals surface area contributed by atoms with E-state index in [0.29, 0.717) is 12.0 Å². The number of aryl methyl sites for hydroxylation is 1. The van der Waals surface area contributed by atoms with E-state index in [0.717, 1.165) is 11.1 Å². The highest BCUT2D eigenvalue weighted by Crippen LogP contribution is 2.18. The molecule has 0 radical (unpaired) electrons. The average molecular weight is 288 g/mol. The van der Waals surface area contributed by atoms with Gasteiger partial charge in [0, 0.05) is 0 Å². The number of allylic oxidation sites excluding steroid dienone is 1. The Balaban J connectivity index is 2.25. The topological polar surface area (TPSA) is 54.4 Å². The Morgan fingerprint density at radius 3 is 2.45 bits per heavy atom. The van der Waals surface area contributed by atoms with Crippen molar-refractivity contribution in [1.29, 1.82) is 0 Å². The quantitative estimate of drug-likeness (QED) is 0.876. The van der Waals surface area contributed by atoms with Gasteiger partial charge in [-0.1, -0.05) is 60.2 Å². The molecule has 0 amide bonds. The second kappa shape index (κ2) is 6.03. The first-order valence-corrected chi connectivity index (χ1v) is 7.69. The van der Waals surface area contributed by atoms with Crippen molar-refractivity contribution in [3.63, 3.8) is 0 Å². The van der Waals surface area contributed by atoms with Crippen LogP contribution in [0.3, 0.4) is 0 Å². The molecule has 1 N–H and O–H groups in total. The summed E-state index contributed by atoms with van der Waals surface area (Å²) in [5, 5.41) is 0. The van der Waals surface area contributed by atoms with Crippen LogP contribution in [0.15, 0.2) is 59.5 Å². The molecule has 0 heterocycles. The summed E-state index contributed by atoms with van der Waals surface area (Å²) >= 11 is 0. The molecule has 0 saturated carbocycles. The fourth-order valence-electron chi connectivity index (χ4n) is 2.01. The van der Waals surface area contributed by atoms with Crippen LogP contribution in [0.5, 0.6) is 0 Å². The SMILES string of the molecule is Cc1ccc(S(=O)(=O)O)c(CC=Cc2ccccc2)c1. The fourth-order valence-corrected chi connectivity index (χ4v) is 2.72. The molecule has 0 aromatic heterocycles. The summed E-state index contributed by atoms with van der Waals surface area (Å²) in [6.45, 7) is 1.89. The second-order valence-electron chi connectivity index (χ2n) is 4.60. The molecule has 2 aromatic rings. The third-order valence-corrected chi connectivity index (χ3v) is 3.90. The molecule has 2 aromatic carbocycles. The first-order chi connectivity index (χ1) is 9.47. The molecule has 0 saturated heterocycles. The molecule has 0 aliphatic rings. The lowest BCUT2D eigenvalue weighted by atomic mass is 10.1. The Morgan fingerprint density at radius 1 is 1.10 bits per heavy atom. The minimum absolute atomic E-state index is 0.0270. The van der Waals surface area contributed by atoms with Crippen molar-refractivity contribution in [1.82, 2.24) is 0 Å². The summed E-state index contributed by atoms with van der Waals surface area (Å²) in [7, 11) is -4.18. The molecule has 0 aliphatic carbocycles. The lowest BCUT2D eigenvalue weighted by molar-refractivity contribution is 0.482. The van der Waals surface area contributed by atoms with Crippen molar-refractivity contribution in [2.45, 2.75) is 18.2 Å². The van der Waals surface area contributed by atoms with Crippen molar-refractivity contribution in [2.24, 2.45) is 0 Å². The fraction of sp³-hybridized carbons (Fsp3) is 0.125. The second-order valence-corrected chi connectivity index (χ2v) is 5.99. The third kappa shape index (κ3) is 3.79. The molecule has 3 nitrogen and oxygen atoms in total. The Bertz CT molecular complexity index is 717. The highest BCUT2D eigenvalue weighted by Gasteiger charge is 2.14. The lowest BCUT2D eigenvalue weighted by Gasteiger charge is -2.06. The smallest absolute Gasteiger partial charge is 0.282 e. The van der Waals surface area contributed by atoms with Crippen molar-refractivity contribution >= 4 is 16.2 Å². The minimum Gasteiger partial charge on any atom is -0.282 e. The molecule has 0 aliphatic heterocycles. The van der Waals surface area contributed by atoms with Crippen molar-refractivity contribution in [3.8, 4) is 0 Å². The van der Waals surface area contributed by atoms with E-state index in [9.17, 15) is 13.0 Å². The summed E-state index contributed by atoms with van der Waals surface area (Å²) in [5.41, 5.74) is 2.61. The maximum atomic E-state index is 11.3. The first kappa shape index (κ1) is 14.5. The zero-order valence-electron chi connectivity index (χ0n) is 11.2. The monoisotopic (exact) mass is 288 g/mol. The molecule has 4 heteroatoms. The number of rotatable bonds is 4. The van der Waals surface area contributed by atoms with Crippen LogP contribution in [0, 0.1) is 6.92 Å². The average Bonchev–Trinajstić information content (AvgIpc) is 2.38. The van der Waals surface area contributed by atoms with E-state index in [1.807, 2.05) is 49.4 Å². The van der Waals surface area contributed by atoms with Crippen LogP contribution in [0.1, 0.15) is 16.7 Å². The van der Waals surface area contributed by atoms with Crippen LogP contribution >= 0.6 is 0 Å². The summed E-state index contributed by atoms with van der Waals surface area (Å²) in [6.07, 6.45) is 4.26. The van der Waals surface area contributed by atoms with Gasteiger partial charge in [-0.05, 0) is 30.5 Å².